The molecule has 0 aromatic heterocycles. The Kier molecular flexibility index (Phi) is 1.47. The molecule has 0 aromatic rings. The minimum Gasteiger partial charge on any atom is -0.291 e. The third-order valence-corrected chi connectivity index (χ3v) is 1.41. The van der Waals surface area contributed by atoms with Crippen molar-refractivity contribution in [2.24, 2.45) is 5.92 Å². The molecule has 9 heavy (non-hydrogen) atoms. The first-order chi connectivity index (χ1) is 4.02. The van der Waals surface area contributed by atoms with Crippen molar-refractivity contribution in [3.63, 3.8) is 0 Å². The van der Waals surface area contributed by atoms with Gasteiger partial charge in [-0.25, -0.2) is 0 Å². The summed E-state index contributed by atoms with van der Waals surface area (Å²) in [7, 11) is 0. The lowest BCUT2D eigenvalue weighted by atomic mass is 10.3. The quantitative estimate of drug-likeness (QED) is 0.555. The van der Waals surface area contributed by atoms with Crippen LogP contribution >= 0.6 is 11.6 Å². The lowest BCUT2D eigenvalue weighted by Crippen LogP contribution is -2.22. The zero-order chi connectivity index (χ0) is 7.07. The predicted molar refractivity (Wildman–Crippen MR) is 28.5 cm³/mol. The summed E-state index contributed by atoms with van der Waals surface area (Å²) in [5.41, 5.74) is 0. The summed E-state index contributed by atoms with van der Waals surface area (Å²) in [4.78, 5) is 10.3. The fraction of sp³-hybridized carbons (Fsp3) is 0.800. The molecule has 0 N–H and O–H groups in total. The van der Waals surface area contributed by atoms with Gasteiger partial charge in [-0.05, 0) is 24.4 Å². The summed E-state index contributed by atoms with van der Waals surface area (Å²) >= 11 is 4.44. The molecule has 0 spiro atoms. The van der Waals surface area contributed by atoms with Gasteiger partial charge in [0.25, 0.3) is 0 Å². The van der Waals surface area contributed by atoms with Crippen LogP contribution < -0.4 is 0 Å². The molecule has 4 heteroatoms. The van der Waals surface area contributed by atoms with Crippen LogP contribution in [-0.2, 0) is 4.79 Å². The maximum absolute atomic E-state index is 11.8. The van der Waals surface area contributed by atoms with Crippen molar-refractivity contribution in [1.82, 2.24) is 0 Å². The van der Waals surface area contributed by atoms with Gasteiger partial charge in [0.1, 0.15) is 0 Å². The molecule has 0 radical (unpaired) electrons. The summed E-state index contributed by atoms with van der Waals surface area (Å²) in [6, 6.07) is 0. The van der Waals surface area contributed by atoms with Crippen LogP contribution in [0, 0.1) is 5.92 Å². The molecule has 1 saturated carbocycles. The van der Waals surface area contributed by atoms with Gasteiger partial charge >= 0.3 is 5.38 Å². The van der Waals surface area contributed by atoms with Gasteiger partial charge in [0, 0.05) is 5.92 Å². The number of alkyl halides is 3. The third-order valence-electron chi connectivity index (χ3n) is 1.23. The molecule has 0 atom stereocenters. The largest absolute Gasteiger partial charge is 0.380 e. The Balaban J connectivity index is 2.50. The van der Waals surface area contributed by atoms with Crippen molar-refractivity contribution < 1.29 is 13.6 Å². The summed E-state index contributed by atoms with van der Waals surface area (Å²) in [5.74, 6) is -1.58. The smallest absolute Gasteiger partial charge is 0.291 e. The zero-order valence-corrected chi connectivity index (χ0v) is 5.29. The SMILES string of the molecule is O=C(C1CC1)C(F)(F)Cl. The van der Waals surface area contributed by atoms with E-state index >= 15 is 0 Å². The fourth-order valence-electron chi connectivity index (χ4n) is 0.577. The van der Waals surface area contributed by atoms with Crippen LogP contribution in [0.1, 0.15) is 12.8 Å². The highest BCUT2D eigenvalue weighted by Crippen LogP contribution is 2.37. The minimum atomic E-state index is -3.62. The average molecular weight is 155 g/mol. The number of carbonyl (C=O) groups excluding carboxylic acids is 1. The monoisotopic (exact) mass is 154 g/mol. The molecule has 1 aliphatic rings. The van der Waals surface area contributed by atoms with Crippen LogP contribution in [0.4, 0.5) is 8.78 Å². The maximum Gasteiger partial charge on any atom is 0.380 e. The lowest BCUT2D eigenvalue weighted by molar-refractivity contribution is -0.134. The lowest BCUT2D eigenvalue weighted by Gasteiger charge is -2.02. The first kappa shape index (κ1) is 6.93. The molecular weight excluding hydrogens is 150 g/mol. The molecule has 1 nitrogen and oxygen atoms in total. The van der Waals surface area contributed by atoms with Gasteiger partial charge in [0.15, 0.2) is 0 Å². The first-order valence-electron chi connectivity index (χ1n) is 2.63. The summed E-state index contributed by atoms with van der Waals surface area (Å²) in [6.07, 6.45) is 1.14. The topological polar surface area (TPSA) is 17.1 Å². The Bertz CT molecular complexity index is 136. The Hall–Kier alpha value is -0.180. The van der Waals surface area contributed by atoms with Gasteiger partial charge in [-0.1, -0.05) is 0 Å². The van der Waals surface area contributed by atoms with E-state index in [1.807, 2.05) is 0 Å². The van der Waals surface area contributed by atoms with E-state index in [9.17, 15) is 13.6 Å². The molecule has 0 amide bonds. The highest BCUT2D eigenvalue weighted by atomic mass is 35.5. The molecule has 1 fully saturated rings. The Morgan fingerprint density at radius 3 is 2.11 bits per heavy atom. The summed E-state index contributed by atoms with van der Waals surface area (Å²) in [5, 5.41) is -3.62. The number of hydrogen-bond donors (Lipinski definition) is 0. The minimum absolute atomic E-state index is 0.461. The Morgan fingerprint density at radius 2 is 2.00 bits per heavy atom. The highest BCUT2D eigenvalue weighted by molar-refractivity contribution is 6.33. The number of hydrogen-bond acceptors (Lipinski definition) is 1. The zero-order valence-electron chi connectivity index (χ0n) is 4.53. The van der Waals surface area contributed by atoms with E-state index in [1.165, 1.54) is 0 Å². The standard InChI is InChI=1S/C5H5ClF2O/c6-5(7,8)4(9)3-1-2-3/h3H,1-2H2. The van der Waals surface area contributed by atoms with Crippen LogP contribution in [0.25, 0.3) is 0 Å². The van der Waals surface area contributed by atoms with Gasteiger partial charge in [-0.3, -0.25) is 4.79 Å². The molecule has 1 aliphatic carbocycles. The first-order valence-corrected chi connectivity index (χ1v) is 3.00. The van der Waals surface area contributed by atoms with Gasteiger partial charge < -0.3 is 0 Å². The van der Waals surface area contributed by atoms with E-state index < -0.39 is 17.1 Å². The van der Waals surface area contributed by atoms with E-state index in [2.05, 4.69) is 11.6 Å². The normalized spacial score (nSPS) is 19.9. The molecule has 0 unspecified atom stereocenters. The van der Waals surface area contributed by atoms with E-state index in [0.717, 1.165) is 0 Å². The second-order valence-electron chi connectivity index (χ2n) is 2.14. The average Bonchev–Trinajstić information content (AvgIpc) is 2.40. The third kappa shape index (κ3) is 1.61. The molecular formula is C5H5ClF2O. The molecule has 52 valence electrons. The van der Waals surface area contributed by atoms with E-state index in [-0.39, 0.29) is 0 Å². The van der Waals surface area contributed by atoms with Gasteiger partial charge in [-0.2, -0.15) is 8.78 Å². The predicted octanol–water partition coefficient (Wildman–Crippen LogP) is 1.80. The van der Waals surface area contributed by atoms with Crippen LogP contribution in [0.15, 0.2) is 0 Å². The van der Waals surface area contributed by atoms with Crippen molar-refractivity contribution in [3.05, 3.63) is 0 Å². The van der Waals surface area contributed by atoms with E-state index in [1.54, 1.807) is 0 Å². The second kappa shape index (κ2) is 1.90. The van der Waals surface area contributed by atoms with Crippen molar-refractivity contribution >= 4 is 17.4 Å². The molecule has 0 bridgehead atoms. The van der Waals surface area contributed by atoms with Crippen molar-refractivity contribution in [3.8, 4) is 0 Å². The Labute approximate surface area is 56.0 Å². The van der Waals surface area contributed by atoms with Gasteiger partial charge in [0.2, 0.25) is 5.78 Å². The number of rotatable bonds is 2. The van der Waals surface area contributed by atoms with Crippen LogP contribution in [0.2, 0.25) is 0 Å². The van der Waals surface area contributed by atoms with Gasteiger partial charge in [-0.15, -0.1) is 0 Å². The number of Topliss-reactive ketones (excluding diaryl/α,β-unsaturated/α-hetero) is 1. The molecule has 1 rings (SSSR count). The van der Waals surface area contributed by atoms with Crippen molar-refractivity contribution in [2.45, 2.75) is 18.2 Å². The van der Waals surface area contributed by atoms with Crippen molar-refractivity contribution in [1.29, 1.82) is 0 Å². The maximum atomic E-state index is 11.8. The summed E-state index contributed by atoms with van der Waals surface area (Å²) in [6.45, 7) is 0. The number of halogens is 3. The number of carbonyl (C=O) groups is 1. The number of ketones is 1. The van der Waals surface area contributed by atoms with Crippen LogP contribution in [0.5, 0.6) is 0 Å². The Morgan fingerprint density at radius 1 is 1.56 bits per heavy atom. The summed E-state index contributed by atoms with van der Waals surface area (Å²) < 4.78 is 23.6. The van der Waals surface area contributed by atoms with E-state index in [4.69, 9.17) is 0 Å². The van der Waals surface area contributed by atoms with Crippen molar-refractivity contribution in [2.75, 3.05) is 0 Å². The van der Waals surface area contributed by atoms with Crippen LogP contribution in [-0.4, -0.2) is 11.2 Å². The second-order valence-corrected chi connectivity index (χ2v) is 2.61. The molecule has 0 aromatic carbocycles. The molecule has 0 heterocycles. The van der Waals surface area contributed by atoms with Gasteiger partial charge in [0.05, 0.1) is 0 Å². The molecule has 0 saturated heterocycles. The fourth-order valence-corrected chi connectivity index (χ4v) is 0.731. The van der Waals surface area contributed by atoms with Crippen LogP contribution in [0.3, 0.4) is 0 Å². The highest BCUT2D eigenvalue weighted by Gasteiger charge is 2.45. The van der Waals surface area contributed by atoms with E-state index in [0.29, 0.717) is 12.8 Å². The molecule has 0 aliphatic heterocycles.